The molecule has 1 amide bonds. The van der Waals surface area contributed by atoms with Crippen LogP contribution in [0.4, 0.5) is 0 Å². The highest BCUT2D eigenvalue weighted by molar-refractivity contribution is 5.94. The Morgan fingerprint density at radius 3 is 2.35 bits per heavy atom. The van der Waals surface area contributed by atoms with Gasteiger partial charge in [-0.15, -0.1) is 0 Å². The summed E-state index contributed by atoms with van der Waals surface area (Å²) < 4.78 is 13.8. The molecule has 3 aromatic carbocycles. The lowest BCUT2D eigenvalue weighted by Gasteiger charge is -2.31. The molecule has 6 nitrogen and oxygen atoms in total. The van der Waals surface area contributed by atoms with E-state index in [4.69, 9.17) is 9.47 Å². The second-order valence-electron chi connectivity index (χ2n) is 9.21. The van der Waals surface area contributed by atoms with Crippen LogP contribution in [0.1, 0.15) is 46.4 Å². The average Bonchev–Trinajstić information content (AvgIpc) is 2.94. The van der Waals surface area contributed by atoms with Gasteiger partial charge in [-0.2, -0.15) is 0 Å². The highest BCUT2D eigenvalue weighted by atomic mass is 16.5. The van der Waals surface area contributed by atoms with Gasteiger partial charge in [0.1, 0.15) is 12.2 Å². The zero-order valence-electron chi connectivity index (χ0n) is 21.1. The summed E-state index contributed by atoms with van der Waals surface area (Å²) in [7, 11) is 1.61. The molecule has 1 aromatic heterocycles. The Morgan fingerprint density at radius 1 is 0.973 bits per heavy atom. The Kier molecular flexibility index (Phi) is 7.08. The minimum absolute atomic E-state index is 0.110. The molecule has 1 unspecified atom stereocenters. The smallest absolute Gasteiger partial charge is 0.257 e. The van der Waals surface area contributed by atoms with Crippen LogP contribution in [0.2, 0.25) is 0 Å². The van der Waals surface area contributed by atoms with Crippen LogP contribution in [0.15, 0.2) is 89.9 Å². The highest BCUT2D eigenvalue weighted by Gasteiger charge is 2.27. The van der Waals surface area contributed by atoms with Crippen LogP contribution in [0, 0.1) is 0 Å². The number of benzene rings is 3. The Balaban J connectivity index is 1.46. The third-order valence-corrected chi connectivity index (χ3v) is 6.84. The minimum atomic E-state index is -0.368. The second kappa shape index (κ2) is 10.7. The van der Waals surface area contributed by atoms with Crippen molar-refractivity contribution >= 4 is 5.91 Å². The predicted octanol–water partition coefficient (Wildman–Crippen LogP) is 5.54. The molecule has 0 bridgehead atoms. The number of hydrogen-bond donors (Lipinski definition) is 1. The molecule has 0 radical (unpaired) electrons. The van der Waals surface area contributed by atoms with Crippen molar-refractivity contribution in [2.75, 3.05) is 7.11 Å². The summed E-state index contributed by atoms with van der Waals surface area (Å²) >= 11 is 0. The van der Waals surface area contributed by atoms with Gasteiger partial charge in [0.05, 0.1) is 12.8 Å². The lowest BCUT2D eigenvalue weighted by molar-refractivity contribution is 0.0949. The molecule has 188 valence electrons. The lowest BCUT2D eigenvalue weighted by atomic mass is 9.90. The van der Waals surface area contributed by atoms with Crippen LogP contribution in [0.3, 0.4) is 0 Å². The molecule has 1 aliphatic rings. The van der Waals surface area contributed by atoms with Crippen LogP contribution in [0.25, 0.3) is 11.3 Å². The van der Waals surface area contributed by atoms with Crippen LogP contribution < -0.4 is 20.2 Å². The molecular weight excluding hydrogens is 464 g/mol. The molecule has 1 N–H and O–H groups in total. The first-order valence-corrected chi connectivity index (χ1v) is 12.5. The molecule has 0 spiro atoms. The first-order chi connectivity index (χ1) is 18.1. The van der Waals surface area contributed by atoms with E-state index >= 15 is 0 Å². The third-order valence-electron chi connectivity index (χ3n) is 6.84. The molecule has 1 atom stereocenters. The maximum absolute atomic E-state index is 13.1. The quantitative estimate of drug-likeness (QED) is 0.349. The normalized spacial score (nSPS) is 13.8. The number of carbonyl (C=O) groups excluding carboxylic acids is 1. The zero-order valence-corrected chi connectivity index (χ0v) is 21.1. The molecule has 0 saturated heterocycles. The van der Waals surface area contributed by atoms with E-state index in [2.05, 4.69) is 16.8 Å². The first-order valence-electron chi connectivity index (χ1n) is 12.5. The summed E-state index contributed by atoms with van der Waals surface area (Å²) in [4.78, 5) is 26.0. The van der Waals surface area contributed by atoms with Gasteiger partial charge in [-0.1, -0.05) is 67.6 Å². The topological polar surface area (TPSA) is 69.6 Å². The van der Waals surface area contributed by atoms with E-state index < -0.39 is 0 Å². The van der Waals surface area contributed by atoms with Crippen molar-refractivity contribution in [3.05, 3.63) is 118 Å². The van der Waals surface area contributed by atoms with E-state index in [9.17, 15) is 9.59 Å². The maximum Gasteiger partial charge on any atom is 0.257 e. The fourth-order valence-corrected chi connectivity index (χ4v) is 4.82. The van der Waals surface area contributed by atoms with Crippen LogP contribution >= 0.6 is 0 Å². The van der Waals surface area contributed by atoms with Crippen molar-refractivity contribution in [2.45, 2.75) is 39.0 Å². The van der Waals surface area contributed by atoms with Gasteiger partial charge in [0.15, 0.2) is 16.9 Å². The van der Waals surface area contributed by atoms with Gasteiger partial charge in [0, 0.05) is 30.4 Å². The Morgan fingerprint density at radius 2 is 1.68 bits per heavy atom. The molecule has 4 aromatic rings. The SMILES string of the molecule is CCC1Cc2cc(OCc3ccccc3)c(OC)cc2-c2cc(=O)c(C(=O)NCc3ccccc3)cn21. The van der Waals surface area contributed by atoms with Crippen molar-refractivity contribution in [1.29, 1.82) is 0 Å². The van der Waals surface area contributed by atoms with Crippen molar-refractivity contribution in [2.24, 2.45) is 0 Å². The van der Waals surface area contributed by atoms with Crippen molar-refractivity contribution in [3.63, 3.8) is 0 Å². The van der Waals surface area contributed by atoms with Crippen LogP contribution in [0.5, 0.6) is 11.5 Å². The number of nitrogens with one attached hydrogen (secondary N) is 1. The average molecular weight is 495 g/mol. The van der Waals surface area contributed by atoms with Crippen LogP contribution in [-0.4, -0.2) is 17.6 Å². The number of fused-ring (bicyclic) bond motifs is 3. The lowest BCUT2D eigenvalue weighted by Crippen LogP contribution is -2.31. The van der Waals surface area contributed by atoms with Crippen molar-refractivity contribution < 1.29 is 14.3 Å². The number of carbonyl (C=O) groups is 1. The standard InChI is InChI=1S/C31H30N2O4/c1-3-24-14-23-15-30(37-20-22-12-8-5-9-13-22)29(36-2)16-25(23)27-17-28(34)26(19-33(24)27)31(35)32-18-21-10-6-4-7-11-21/h4-13,15-17,19,24H,3,14,18,20H2,1-2H3,(H,32,35). The molecule has 37 heavy (non-hydrogen) atoms. The Labute approximate surface area is 216 Å². The molecule has 0 aliphatic carbocycles. The van der Waals surface area contributed by atoms with Gasteiger partial charge < -0.3 is 19.4 Å². The number of amides is 1. The Hall–Kier alpha value is -4.32. The minimum Gasteiger partial charge on any atom is -0.493 e. The van der Waals surface area contributed by atoms with Gasteiger partial charge in [-0.25, -0.2) is 0 Å². The van der Waals surface area contributed by atoms with E-state index in [0.29, 0.717) is 24.7 Å². The molecule has 1 aliphatic heterocycles. The number of hydrogen-bond acceptors (Lipinski definition) is 4. The fourth-order valence-electron chi connectivity index (χ4n) is 4.82. The maximum atomic E-state index is 13.1. The molecule has 5 rings (SSSR count). The van der Waals surface area contributed by atoms with Gasteiger partial charge in [-0.3, -0.25) is 9.59 Å². The van der Waals surface area contributed by atoms with Gasteiger partial charge in [0.2, 0.25) is 0 Å². The van der Waals surface area contributed by atoms with Crippen LogP contribution in [-0.2, 0) is 19.6 Å². The largest absolute Gasteiger partial charge is 0.493 e. The highest BCUT2D eigenvalue weighted by Crippen LogP contribution is 2.41. The summed E-state index contributed by atoms with van der Waals surface area (Å²) in [5.41, 5.74) is 4.69. The van der Waals surface area contributed by atoms with E-state index in [1.54, 1.807) is 19.4 Å². The van der Waals surface area contributed by atoms with Gasteiger partial charge >= 0.3 is 0 Å². The molecular formula is C31H30N2O4. The summed E-state index contributed by atoms with van der Waals surface area (Å²) in [5.74, 6) is 0.910. The van der Waals surface area contributed by atoms with E-state index in [1.807, 2.05) is 72.8 Å². The molecule has 0 fully saturated rings. The number of rotatable bonds is 8. The first kappa shape index (κ1) is 24.4. The predicted molar refractivity (Wildman–Crippen MR) is 144 cm³/mol. The number of ether oxygens (including phenoxy) is 2. The summed E-state index contributed by atoms with van der Waals surface area (Å²) in [6, 6.07) is 25.3. The number of aromatic nitrogens is 1. The van der Waals surface area contributed by atoms with E-state index in [-0.39, 0.29) is 22.9 Å². The van der Waals surface area contributed by atoms with Crippen molar-refractivity contribution in [1.82, 2.24) is 9.88 Å². The third kappa shape index (κ3) is 5.14. The van der Waals surface area contributed by atoms with Crippen molar-refractivity contribution in [3.8, 4) is 22.8 Å². The van der Waals surface area contributed by atoms with E-state index in [1.165, 1.54) is 0 Å². The fraction of sp³-hybridized carbons (Fsp3) is 0.226. The van der Waals surface area contributed by atoms with Gasteiger partial charge in [0.25, 0.3) is 5.91 Å². The molecule has 0 saturated carbocycles. The monoisotopic (exact) mass is 494 g/mol. The number of pyridine rings is 1. The van der Waals surface area contributed by atoms with Gasteiger partial charge in [-0.05, 0) is 41.7 Å². The zero-order chi connectivity index (χ0) is 25.8. The van der Waals surface area contributed by atoms with E-state index in [0.717, 1.165) is 40.8 Å². The molecule has 2 heterocycles. The molecule has 6 heteroatoms. The second-order valence-corrected chi connectivity index (χ2v) is 9.21. The Bertz CT molecular complexity index is 1460. The summed E-state index contributed by atoms with van der Waals surface area (Å²) in [5, 5.41) is 2.88. The number of methoxy groups -OCH3 is 1. The number of nitrogens with zero attached hydrogens (tertiary/aromatic N) is 1. The summed E-state index contributed by atoms with van der Waals surface area (Å²) in [6.45, 7) is 2.91. The summed E-state index contributed by atoms with van der Waals surface area (Å²) in [6.07, 6.45) is 3.33.